The van der Waals surface area contributed by atoms with E-state index in [1.54, 1.807) is 18.0 Å². The number of hydrogen-bond acceptors (Lipinski definition) is 3. The summed E-state index contributed by atoms with van der Waals surface area (Å²) in [5.74, 6) is 0.834. The first-order valence-electron chi connectivity index (χ1n) is 5.80. The van der Waals surface area contributed by atoms with Crippen molar-refractivity contribution in [3.05, 3.63) is 58.7 Å². The molecule has 1 heterocycles. The zero-order valence-corrected chi connectivity index (χ0v) is 12.6. The van der Waals surface area contributed by atoms with Crippen molar-refractivity contribution in [2.24, 2.45) is 5.73 Å². The lowest BCUT2D eigenvalue weighted by atomic mass is 10.0. The van der Waals surface area contributed by atoms with Crippen molar-refractivity contribution in [3.8, 4) is 0 Å². The number of halogens is 1. The van der Waals surface area contributed by atoms with Crippen molar-refractivity contribution < 1.29 is 0 Å². The third-order valence-electron chi connectivity index (χ3n) is 2.68. The van der Waals surface area contributed by atoms with Crippen LogP contribution in [0.1, 0.15) is 11.5 Å². The van der Waals surface area contributed by atoms with Crippen LogP contribution in [0.15, 0.2) is 58.2 Å². The predicted octanol–water partition coefficient (Wildman–Crippen LogP) is 3.66. The molecule has 5 heteroatoms. The molecule has 0 saturated heterocycles. The minimum atomic E-state index is -0.0725. The molecule has 2 aromatic rings. The highest BCUT2D eigenvalue weighted by atomic mass is 79.9. The molecule has 0 aliphatic heterocycles. The summed E-state index contributed by atoms with van der Waals surface area (Å²) in [5, 5.41) is 8.66. The smallest absolute Gasteiger partial charge is 0.0990 e. The number of benzene rings is 1. The molecule has 0 fully saturated rings. The highest BCUT2D eigenvalue weighted by molar-refractivity contribution is 9.10. The molecule has 1 atom stereocenters. The van der Waals surface area contributed by atoms with Gasteiger partial charge in [0.05, 0.1) is 16.8 Å². The molecular formula is C14H14BrN3S. The van der Waals surface area contributed by atoms with Gasteiger partial charge in [0.25, 0.3) is 0 Å². The topological polar surface area (TPSA) is 62.8 Å². The Morgan fingerprint density at radius 1 is 1.26 bits per heavy atom. The number of rotatable bonds is 5. The first-order valence-corrected chi connectivity index (χ1v) is 7.58. The Bertz CT molecular complexity index is 542. The Morgan fingerprint density at radius 3 is 2.58 bits per heavy atom. The maximum Gasteiger partial charge on any atom is 0.0990 e. The monoisotopic (exact) mass is 335 g/mol. The Balaban J connectivity index is 2.06. The number of nitrogens with zero attached hydrogens (tertiary/aromatic N) is 1. The lowest BCUT2D eigenvalue weighted by molar-refractivity contribution is 0.999. The molecule has 0 spiro atoms. The van der Waals surface area contributed by atoms with Crippen LogP contribution >= 0.6 is 27.7 Å². The van der Waals surface area contributed by atoms with Crippen molar-refractivity contribution in [1.82, 2.24) is 4.98 Å². The Kier molecular flexibility index (Phi) is 4.99. The molecular weight excluding hydrogens is 322 g/mol. The molecule has 1 unspecified atom stereocenters. The zero-order chi connectivity index (χ0) is 13.7. The largest absolute Gasteiger partial charge is 0.387 e. The van der Waals surface area contributed by atoms with Crippen LogP contribution in [0.5, 0.6) is 0 Å². The van der Waals surface area contributed by atoms with Crippen LogP contribution in [-0.2, 0) is 0 Å². The summed E-state index contributed by atoms with van der Waals surface area (Å²) in [4.78, 5) is 4.31. The number of nitrogens with two attached hydrogens (primary N) is 1. The molecule has 0 saturated carbocycles. The Morgan fingerprint density at radius 2 is 2.00 bits per heavy atom. The van der Waals surface area contributed by atoms with Crippen LogP contribution < -0.4 is 5.73 Å². The zero-order valence-electron chi connectivity index (χ0n) is 10.2. The predicted molar refractivity (Wildman–Crippen MR) is 83.8 cm³/mol. The maximum atomic E-state index is 7.73. The van der Waals surface area contributed by atoms with Gasteiger partial charge in [-0.1, -0.05) is 30.3 Å². The highest BCUT2D eigenvalue weighted by Crippen LogP contribution is 2.25. The van der Waals surface area contributed by atoms with Crippen molar-refractivity contribution in [2.45, 2.75) is 10.9 Å². The van der Waals surface area contributed by atoms with Gasteiger partial charge >= 0.3 is 0 Å². The molecule has 2 rings (SSSR count). The third-order valence-corrected chi connectivity index (χ3v) is 4.18. The van der Waals surface area contributed by atoms with E-state index in [1.165, 1.54) is 0 Å². The fraction of sp³-hybridized carbons (Fsp3) is 0.143. The van der Waals surface area contributed by atoms with E-state index in [0.29, 0.717) is 5.75 Å². The molecule has 0 amide bonds. The second-order valence-electron chi connectivity index (χ2n) is 4.04. The minimum absolute atomic E-state index is 0.0725. The summed E-state index contributed by atoms with van der Waals surface area (Å²) in [5.41, 5.74) is 6.77. The van der Waals surface area contributed by atoms with Gasteiger partial charge in [0.1, 0.15) is 0 Å². The van der Waals surface area contributed by atoms with Crippen molar-refractivity contribution in [2.75, 3.05) is 5.75 Å². The molecule has 3 N–H and O–H groups in total. The van der Waals surface area contributed by atoms with Gasteiger partial charge in [0, 0.05) is 16.4 Å². The van der Waals surface area contributed by atoms with Crippen molar-refractivity contribution >= 4 is 33.5 Å². The van der Waals surface area contributed by atoms with Crippen LogP contribution in [0.4, 0.5) is 0 Å². The quantitative estimate of drug-likeness (QED) is 0.498. The molecule has 98 valence electrons. The summed E-state index contributed by atoms with van der Waals surface area (Å²) in [7, 11) is 0. The fourth-order valence-corrected chi connectivity index (χ4v) is 2.90. The van der Waals surface area contributed by atoms with Crippen molar-refractivity contribution in [3.63, 3.8) is 0 Å². The summed E-state index contributed by atoms with van der Waals surface area (Å²) in [6, 6.07) is 13.8. The summed E-state index contributed by atoms with van der Waals surface area (Å²) in [6.07, 6.45) is 1.77. The summed E-state index contributed by atoms with van der Waals surface area (Å²) >= 11 is 4.97. The number of amidine groups is 1. The van der Waals surface area contributed by atoms with Gasteiger partial charge < -0.3 is 5.73 Å². The molecule has 0 aliphatic carbocycles. The van der Waals surface area contributed by atoms with E-state index >= 15 is 0 Å². The SMILES string of the molecule is N=C(N)C(CSc1ccc(Br)cn1)c1ccccc1. The Labute approximate surface area is 125 Å². The van der Waals surface area contributed by atoms with Gasteiger partial charge in [-0.25, -0.2) is 4.98 Å². The van der Waals surface area contributed by atoms with E-state index in [9.17, 15) is 0 Å². The highest BCUT2D eigenvalue weighted by Gasteiger charge is 2.15. The maximum absolute atomic E-state index is 7.73. The number of aromatic nitrogens is 1. The number of pyridine rings is 1. The van der Waals surface area contributed by atoms with Crippen LogP contribution in [0.3, 0.4) is 0 Å². The van der Waals surface area contributed by atoms with Gasteiger partial charge in [0.2, 0.25) is 0 Å². The van der Waals surface area contributed by atoms with Crippen LogP contribution in [0, 0.1) is 5.41 Å². The lowest BCUT2D eigenvalue weighted by Gasteiger charge is -2.15. The second-order valence-corrected chi connectivity index (χ2v) is 6.00. The van der Waals surface area contributed by atoms with Crippen LogP contribution in [-0.4, -0.2) is 16.6 Å². The molecule has 0 aliphatic rings. The third kappa shape index (κ3) is 4.08. The van der Waals surface area contributed by atoms with Crippen molar-refractivity contribution in [1.29, 1.82) is 5.41 Å². The first-order chi connectivity index (χ1) is 9.16. The van der Waals surface area contributed by atoms with Gasteiger partial charge in [-0.05, 0) is 33.6 Å². The molecule has 1 aromatic heterocycles. The number of thioether (sulfide) groups is 1. The van der Waals surface area contributed by atoms with Gasteiger partial charge in [0.15, 0.2) is 0 Å². The van der Waals surface area contributed by atoms with Gasteiger partial charge in [-0.3, -0.25) is 5.41 Å². The Hall–Kier alpha value is -1.33. The first kappa shape index (κ1) is 14.1. The summed E-state index contributed by atoms with van der Waals surface area (Å²) < 4.78 is 0.961. The molecule has 1 aromatic carbocycles. The standard InChI is InChI=1S/C14H14BrN3S/c15-11-6-7-13(18-8-11)19-9-12(14(16)17)10-4-2-1-3-5-10/h1-8,12H,9H2,(H3,16,17). The molecule has 0 bridgehead atoms. The average Bonchev–Trinajstić information content (AvgIpc) is 2.42. The second kappa shape index (κ2) is 6.73. The number of hydrogen-bond donors (Lipinski definition) is 2. The summed E-state index contributed by atoms with van der Waals surface area (Å²) in [6.45, 7) is 0. The van der Waals surface area contributed by atoms with Crippen LogP contribution in [0.2, 0.25) is 0 Å². The fourth-order valence-electron chi connectivity index (χ4n) is 1.67. The van der Waals surface area contributed by atoms with E-state index < -0.39 is 0 Å². The van der Waals surface area contributed by atoms with Crippen LogP contribution in [0.25, 0.3) is 0 Å². The molecule has 3 nitrogen and oxygen atoms in total. The van der Waals surface area contributed by atoms with Gasteiger partial charge in [-0.2, -0.15) is 0 Å². The molecule has 19 heavy (non-hydrogen) atoms. The lowest BCUT2D eigenvalue weighted by Crippen LogP contribution is -2.22. The van der Waals surface area contributed by atoms with E-state index in [4.69, 9.17) is 11.1 Å². The number of nitrogens with one attached hydrogen (secondary N) is 1. The molecule has 0 radical (unpaired) electrons. The van der Waals surface area contributed by atoms with E-state index in [-0.39, 0.29) is 11.8 Å². The van der Waals surface area contributed by atoms with E-state index in [1.807, 2.05) is 42.5 Å². The normalized spacial score (nSPS) is 12.1. The average molecular weight is 336 g/mol. The van der Waals surface area contributed by atoms with E-state index in [2.05, 4.69) is 20.9 Å². The van der Waals surface area contributed by atoms with Gasteiger partial charge in [-0.15, -0.1) is 11.8 Å². The van der Waals surface area contributed by atoms with E-state index in [0.717, 1.165) is 15.1 Å². The minimum Gasteiger partial charge on any atom is -0.387 e.